The third-order valence-corrected chi connectivity index (χ3v) is 5.53. The molecule has 1 aliphatic heterocycles. The summed E-state index contributed by atoms with van der Waals surface area (Å²) >= 11 is 0. The van der Waals surface area contributed by atoms with Crippen molar-refractivity contribution in [1.82, 2.24) is 4.90 Å². The highest BCUT2D eigenvalue weighted by Gasteiger charge is 2.45. The first-order valence-corrected chi connectivity index (χ1v) is 10.3. The van der Waals surface area contributed by atoms with Gasteiger partial charge in [-0.25, -0.2) is 0 Å². The van der Waals surface area contributed by atoms with Gasteiger partial charge in [-0.3, -0.25) is 9.59 Å². The number of amides is 1. The molecule has 30 heavy (non-hydrogen) atoms. The average molecular weight is 408 g/mol. The molecule has 1 N–H and O–H groups in total. The van der Waals surface area contributed by atoms with Gasteiger partial charge in [0, 0.05) is 25.8 Å². The summed E-state index contributed by atoms with van der Waals surface area (Å²) in [6.07, 6.45) is 0.606. The standard InChI is InChI=1S/C25H29NO4/c1-16(2)18-10-12-19(13-11-18)22-21(23(27)20-8-6-17(3)7-9-20)24(28)25(29)26(22)14-5-15-30-4/h6-13,16,22,27H,5,14-15H2,1-4H3/t22-/m1/s1. The van der Waals surface area contributed by atoms with Gasteiger partial charge in [0.1, 0.15) is 5.76 Å². The molecule has 0 bridgehead atoms. The third kappa shape index (κ3) is 4.31. The van der Waals surface area contributed by atoms with Gasteiger partial charge in [0.05, 0.1) is 11.6 Å². The van der Waals surface area contributed by atoms with Gasteiger partial charge in [0.15, 0.2) is 0 Å². The predicted octanol–water partition coefficient (Wildman–Crippen LogP) is 4.58. The maximum Gasteiger partial charge on any atom is 0.295 e. The van der Waals surface area contributed by atoms with E-state index in [0.29, 0.717) is 31.1 Å². The molecule has 2 aromatic carbocycles. The second-order valence-electron chi connectivity index (χ2n) is 8.03. The molecule has 0 aliphatic carbocycles. The zero-order valence-corrected chi connectivity index (χ0v) is 18.0. The zero-order chi connectivity index (χ0) is 21.8. The number of hydrogen-bond donors (Lipinski definition) is 1. The lowest BCUT2D eigenvalue weighted by Gasteiger charge is -2.25. The van der Waals surface area contributed by atoms with Gasteiger partial charge in [0.25, 0.3) is 11.7 Å². The maximum atomic E-state index is 12.9. The van der Waals surface area contributed by atoms with Crippen molar-refractivity contribution in [3.05, 3.63) is 76.4 Å². The summed E-state index contributed by atoms with van der Waals surface area (Å²) in [5.41, 5.74) is 3.70. The van der Waals surface area contributed by atoms with E-state index in [1.165, 1.54) is 5.56 Å². The van der Waals surface area contributed by atoms with Crippen LogP contribution in [-0.4, -0.2) is 42.0 Å². The van der Waals surface area contributed by atoms with Crippen molar-refractivity contribution in [3.8, 4) is 0 Å². The van der Waals surface area contributed by atoms with Crippen molar-refractivity contribution in [3.63, 3.8) is 0 Å². The van der Waals surface area contributed by atoms with E-state index in [2.05, 4.69) is 13.8 Å². The fourth-order valence-corrected chi connectivity index (χ4v) is 3.77. The van der Waals surface area contributed by atoms with Gasteiger partial charge in [0.2, 0.25) is 0 Å². The van der Waals surface area contributed by atoms with E-state index >= 15 is 0 Å². The second kappa shape index (κ2) is 9.26. The monoisotopic (exact) mass is 407 g/mol. The first-order valence-electron chi connectivity index (χ1n) is 10.3. The summed E-state index contributed by atoms with van der Waals surface area (Å²) in [5, 5.41) is 11.0. The van der Waals surface area contributed by atoms with Gasteiger partial charge >= 0.3 is 0 Å². The molecule has 1 fully saturated rings. The van der Waals surface area contributed by atoms with Crippen molar-refractivity contribution in [2.45, 2.75) is 39.2 Å². The molecule has 0 spiro atoms. The van der Waals surface area contributed by atoms with E-state index in [4.69, 9.17) is 4.74 Å². The first-order chi connectivity index (χ1) is 14.3. The quantitative estimate of drug-likeness (QED) is 0.316. The molecular formula is C25H29NO4. The molecule has 0 aromatic heterocycles. The molecule has 0 saturated carbocycles. The third-order valence-electron chi connectivity index (χ3n) is 5.53. The Labute approximate surface area is 178 Å². The number of aryl methyl sites for hydroxylation is 1. The van der Waals surface area contributed by atoms with Crippen molar-refractivity contribution >= 4 is 17.4 Å². The summed E-state index contributed by atoms with van der Waals surface area (Å²) < 4.78 is 5.12. The Hall–Kier alpha value is -2.92. The van der Waals surface area contributed by atoms with Crippen LogP contribution in [0, 0.1) is 6.92 Å². The number of nitrogens with zero attached hydrogens (tertiary/aromatic N) is 1. The molecular weight excluding hydrogens is 378 g/mol. The number of likely N-dealkylation sites (tertiary alicyclic amines) is 1. The topological polar surface area (TPSA) is 66.8 Å². The second-order valence-corrected chi connectivity index (χ2v) is 8.03. The van der Waals surface area contributed by atoms with E-state index in [9.17, 15) is 14.7 Å². The summed E-state index contributed by atoms with van der Waals surface area (Å²) in [4.78, 5) is 27.3. The molecule has 1 aliphatic rings. The molecule has 1 atom stereocenters. The highest BCUT2D eigenvalue weighted by Crippen LogP contribution is 2.39. The lowest BCUT2D eigenvalue weighted by molar-refractivity contribution is -0.140. The van der Waals surface area contributed by atoms with Crippen molar-refractivity contribution in [2.75, 3.05) is 20.3 Å². The van der Waals surface area contributed by atoms with Crippen molar-refractivity contribution in [1.29, 1.82) is 0 Å². The fourth-order valence-electron chi connectivity index (χ4n) is 3.77. The number of hydrogen-bond acceptors (Lipinski definition) is 4. The number of ketones is 1. The minimum Gasteiger partial charge on any atom is -0.507 e. The van der Waals surface area contributed by atoms with Crippen LogP contribution in [0.4, 0.5) is 0 Å². The summed E-state index contributed by atoms with van der Waals surface area (Å²) in [5.74, 6) is -0.999. The van der Waals surface area contributed by atoms with E-state index in [1.54, 1.807) is 24.1 Å². The number of rotatable bonds is 7. The molecule has 5 nitrogen and oxygen atoms in total. The number of carbonyl (C=O) groups excluding carboxylic acids is 2. The van der Waals surface area contributed by atoms with E-state index in [1.807, 2.05) is 43.3 Å². The molecule has 0 unspecified atom stereocenters. The Morgan fingerprint density at radius 2 is 1.70 bits per heavy atom. The SMILES string of the molecule is COCCCN1C(=O)C(=O)C(=C(O)c2ccc(C)cc2)[C@H]1c1ccc(C(C)C)cc1. The van der Waals surface area contributed by atoms with E-state index < -0.39 is 17.7 Å². The van der Waals surface area contributed by atoms with Crippen LogP contribution in [-0.2, 0) is 14.3 Å². The molecule has 1 amide bonds. The van der Waals surface area contributed by atoms with Crippen molar-refractivity contribution < 1.29 is 19.4 Å². The number of ether oxygens (including phenoxy) is 1. The molecule has 158 valence electrons. The molecule has 5 heteroatoms. The Kier molecular flexibility index (Phi) is 6.73. The molecule has 0 radical (unpaired) electrons. The lowest BCUT2D eigenvalue weighted by atomic mass is 9.93. The van der Waals surface area contributed by atoms with Gasteiger partial charge in [-0.15, -0.1) is 0 Å². The van der Waals surface area contributed by atoms with Gasteiger partial charge < -0.3 is 14.7 Å². The average Bonchev–Trinajstić information content (AvgIpc) is 2.99. The van der Waals surface area contributed by atoms with Crippen LogP contribution in [0.3, 0.4) is 0 Å². The van der Waals surface area contributed by atoms with Crippen LogP contribution in [0.5, 0.6) is 0 Å². The van der Waals surface area contributed by atoms with Crippen LogP contribution in [0.25, 0.3) is 5.76 Å². The van der Waals surface area contributed by atoms with Crippen molar-refractivity contribution in [2.24, 2.45) is 0 Å². The fraction of sp³-hybridized carbons (Fsp3) is 0.360. The molecule has 2 aromatic rings. The minimum atomic E-state index is -0.650. The summed E-state index contributed by atoms with van der Waals surface area (Å²) in [6, 6.07) is 14.6. The lowest BCUT2D eigenvalue weighted by Crippen LogP contribution is -2.31. The smallest absolute Gasteiger partial charge is 0.295 e. The Morgan fingerprint density at radius 1 is 1.07 bits per heavy atom. The number of carbonyl (C=O) groups is 2. The predicted molar refractivity (Wildman–Crippen MR) is 117 cm³/mol. The zero-order valence-electron chi connectivity index (χ0n) is 18.0. The van der Waals surface area contributed by atoms with E-state index in [-0.39, 0.29) is 11.3 Å². The largest absolute Gasteiger partial charge is 0.507 e. The van der Waals surface area contributed by atoms with Gasteiger partial charge in [-0.2, -0.15) is 0 Å². The number of benzene rings is 2. The highest BCUT2D eigenvalue weighted by atomic mass is 16.5. The number of aliphatic hydroxyl groups is 1. The van der Waals surface area contributed by atoms with Crippen LogP contribution in [0.15, 0.2) is 54.1 Å². The summed E-state index contributed by atoms with van der Waals surface area (Å²) in [6.45, 7) is 7.04. The highest BCUT2D eigenvalue weighted by molar-refractivity contribution is 6.46. The van der Waals surface area contributed by atoms with Crippen LogP contribution < -0.4 is 0 Å². The summed E-state index contributed by atoms with van der Waals surface area (Å²) in [7, 11) is 1.60. The van der Waals surface area contributed by atoms with Crippen LogP contribution in [0.1, 0.15) is 54.5 Å². The van der Waals surface area contributed by atoms with Crippen LogP contribution >= 0.6 is 0 Å². The number of Topliss-reactive ketones (excluding diaryl/α,β-unsaturated/α-hetero) is 1. The first kappa shape index (κ1) is 21.8. The molecule has 3 rings (SSSR count). The Morgan fingerprint density at radius 3 is 2.27 bits per heavy atom. The molecule has 1 heterocycles. The van der Waals surface area contributed by atoms with Crippen LogP contribution in [0.2, 0.25) is 0 Å². The minimum absolute atomic E-state index is 0.138. The van der Waals surface area contributed by atoms with Gasteiger partial charge in [-0.05, 0) is 30.4 Å². The Balaban J connectivity index is 2.10. The maximum absolute atomic E-state index is 12.9. The molecule has 1 saturated heterocycles. The number of methoxy groups -OCH3 is 1. The van der Waals surface area contributed by atoms with E-state index in [0.717, 1.165) is 11.1 Å². The van der Waals surface area contributed by atoms with Gasteiger partial charge in [-0.1, -0.05) is 67.9 Å². The normalized spacial score (nSPS) is 18.4. The number of aliphatic hydroxyl groups excluding tert-OH is 1. The Bertz CT molecular complexity index is 942.